The van der Waals surface area contributed by atoms with Crippen LogP contribution < -0.4 is 5.32 Å². The summed E-state index contributed by atoms with van der Waals surface area (Å²) in [6, 6.07) is 3.46. The van der Waals surface area contributed by atoms with E-state index in [2.05, 4.69) is 20.5 Å². The zero-order valence-electron chi connectivity index (χ0n) is 11.3. The molecule has 0 aliphatic carbocycles. The third-order valence-electron chi connectivity index (χ3n) is 2.48. The summed E-state index contributed by atoms with van der Waals surface area (Å²) in [5.74, 6) is -0.333. The molecule has 0 spiro atoms. The summed E-state index contributed by atoms with van der Waals surface area (Å²) in [5.41, 5.74) is 0.808. The van der Waals surface area contributed by atoms with Crippen LogP contribution >= 0.6 is 11.3 Å². The fourth-order valence-corrected chi connectivity index (χ4v) is 3.77. The second-order valence-electron chi connectivity index (χ2n) is 4.17. The van der Waals surface area contributed by atoms with E-state index < -0.39 is 10.0 Å². The van der Waals surface area contributed by atoms with Gasteiger partial charge in [0, 0.05) is 32.9 Å². The van der Waals surface area contributed by atoms with Crippen molar-refractivity contribution in [3.05, 3.63) is 30.1 Å². The fraction of sp³-hybridized carbons (Fsp3) is 0.273. The Labute approximate surface area is 125 Å². The third kappa shape index (κ3) is 3.80. The Hall–Kier alpha value is -1.91. The lowest BCUT2D eigenvalue weighted by molar-refractivity contribution is -0.114. The Kier molecular flexibility index (Phi) is 4.60. The number of sulfonamides is 1. The normalized spacial score (nSPS) is 11.6. The second kappa shape index (κ2) is 6.24. The van der Waals surface area contributed by atoms with Crippen molar-refractivity contribution in [2.24, 2.45) is 0 Å². The number of anilines is 1. The summed E-state index contributed by atoms with van der Waals surface area (Å²) in [5, 5.41) is 9.80. The summed E-state index contributed by atoms with van der Waals surface area (Å²) in [6.45, 7) is 1.51. The number of carbonyl (C=O) groups is 1. The van der Waals surface area contributed by atoms with Crippen molar-refractivity contribution >= 4 is 32.4 Å². The average Bonchev–Trinajstić information content (AvgIpc) is 2.88. The highest BCUT2D eigenvalue weighted by Gasteiger charge is 2.26. The maximum Gasteiger partial charge on any atom is 0.272 e. The fourth-order valence-electron chi connectivity index (χ4n) is 1.48. The van der Waals surface area contributed by atoms with Crippen LogP contribution in [0.25, 0.3) is 0 Å². The van der Waals surface area contributed by atoms with E-state index in [0.29, 0.717) is 0 Å². The molecule has 0 fully saturated rings. The van der Waals surface area contributed by atoms with Gasteiger partial charge in [-0.15, -0.1) is 10.2 Å². The molecule has 0 aromatic carbocycles. The van der Waals surface area contributed by atoms with E-state index >= 15 is 0 Å². The van der Waals surface area contributed by atoms with Gasteiger partial charge in [-0.3, -0.25) is 9.78 Å². The highest BCUT2D eigenvalue weighted by molar-refractivity contribution is 7.91. The first-order valence-corrected chi connectivity index (χ1v) is 8.11. The van der Waals surface area contributed by atoms with Crippen molar-refractivity contribution in [3.63, 3.8) is 0 Å². The topological polar surface area (TPSA) is 105 Å². The van der Waals surface area contributed by atoms with Gasteiger partial charge >= 0.3 is 0 Å². The predicted octanol–water partition coefficient (Wildman–Crippen LogP) is 0.712. The summed E-state index contributed by atoms with van der Waals surface area (Å²) in [4.78, 5) is 14.8. The van der Waals surface area contributed by atoms with Crippen LogP contribution in [-0.4, -0.2) is 40.9 Å². The van der Waals surface area contributed by atoms with E-state index in [0.717, 1.165) is 16.9 Å². The first-order chi connectivity index (χ1) is 9.89. The minimum atomic E-state index is -3.75. The first kappa shape index (κ1) is 15.5. The second-order valence-corrected chi connectivity index (χ2v) is 7.37. The van der Waals surface area contributed by atoms with Gasteiger partial charge in [0.25, 0.3) is 10.0 Å². The lowest BCUT2D eigenvalue weighted by atomic mass is 10.3. The molecule has 2 aromatic rings. The monoisotopic (exact) mass is 327 g/mol. The molecule has 0 aliphatic heterocycles. The van der Waals surface area contributed by atoms with Crippen LogP contribution in [0.2, 0.25) is 0 Å². The number of hydrogen-bond acceptors (Lipinski definition) is 7. The van der Waals surface area contributed by atoms with E-state index in [1.165, 1.54) is 18.3 Å². The van der Waals surface area contributed by atoms with Crippen molar-refractivity contribution in [2.45, 2.75) is 17.8 Å². The van der Waals surface area contributed by atoms with Crippen LogP contribution in [0.15, 0.2) is 28.9 Å². The Morgan fingerprint density at radius 3 is 2.62 bits per heavy atom. The van der Waals surface area contributed by atoms with Crippen molar-refractivity contribution in [3.8, 4) is 0 Å². The molecule has 2 rings (SSSR count). The molecule has 112 valence electrons. The summed E-state index contributed by atoms with van der Waals surface area (Å²) in [7, 11) is -2.29. The smallest absolute Gasteiger partial charge is 0.272 e. The third-order valence-corrected chi connectivity index (χ3v) is 5.46. The summed E-state index contributed by atoms with van der Waals surface area (Å²) >= 11 is 0.811. The molecule has 0 saturated carbocycles. The first-order valence-electron chi connectivity index (χ1n) is 5.86. The number of rotatable bonds is 5. The average molecular weight is 327 g/mol. The van der Waals surface area contributed by atoms with Gasteiger partial charge in [-0.2, -0.15) is 4.31 Å². The molecule has 0 atom stereocenters. The molecule has 2 heterocycles. The lowest BCUT2D eigenvalue weighted by Gasteiger charge is -2.14. The molecule has 8 nitrogen and oxygen atoms in total. The number of carbonyl (C=O) groups excluding carboxylic acids is 1. The van der Waals surface area contributed by atoms with Gasteiger partial charge in [0.2, 0.25) is 15.4 Å². The van der Waals surface area contributed by atoms with Gasteiger partial charge in [0.1, 0.15) is 0 Å². The lowest BCUT2D eigenvalue weighted by Crippen LogP contribution is -2.26. The summed E-state index contributed by atoms with van der Waals surface area (Å²) < 4.78 is 25.7. The Bertz CT molecular complexity index is 729. The Morgan fingerprint density at radius 1 is 1.33 bits per heavy atom. The molecule has 1 amide bonds. The van der Waals surface area contributed by atoms with Gasteiger partial charge in [-0.1, -0.05) is 11.3 Å². The van der Waals surface area contributed by atoms with Crippen molar-refractivity contribution in [1.29, 1.82) is 0 Å². The maximum absolute atomic E-state index is 12.3. The van der Waals surface area contributed by atoms with E-state index in [-0.39, 0.29) is 21.9 Å². The molecule has 0 bridgehead atoms. The Balaban J connectivity index is 2.17. The van der Waals surface area contributed by atoms with Crippen molar-refractivity contribution < 1.29 is 13.2 Å². The van der Waals surface area contributed by atoms with E-state index in [1.807, 2.05) is 0 Å². The van der Waals surface area contributed by atoms with Crippen LogP contribution in [-0.2, 0) is 21.4 Å². The molecule has 0 saturated heterocycles. The van der Waals surface area contributed by atoms with E-state index in [9.17, 15) is 13.2 Å². The van der Waals surface area contributed by atoms with E-state index in [4.69, 9.17) is 0 Å². The van der Waals surface area contributed by atoms with E-state index in [1.54, 1.807) is 24.5 Å². The molecular weight excluding hydrogens is 314 g/mol. The standard InChI is InChI=1S/C11H13N5O3S2/c1-8(17)13-10-14-15-11(20-10)21(18,19)16(2)7-9-3-5-12-6-4-9/h3-6H,7H2,1-2H3,(H,13,14,17). The Morgan fingerprint density at radius 2 is 2.00 bits per heavy atom. The number of hydrogen-bond donors (Lipinski definition) is 1. The number of nitrogens with one attached hydrogen (secondary N) is 1. The highest BCUT2D eigenvalue weighted by Crippen LogP contribution is 2.23. The predicted molar refractivity (Wildman–Crippen MR) is 77.1 cm³/mol. The van der Waals surface area contributed by atoms with Gasteiger partial charge in [0.15, 0.2) is 0 Å². The largest absolute Gasteiger partial charge is 0.301 e. The summed E-state index contributed by atoms with van der Waals surface area (Å²) in [6.07, 6.45) is 3.19. The quantitative estimate of drug-likeness (QED) is 0.811. The number of pyridine rings is 1. The van der Waals surface area contributed by atoms with Gasteiger partial charge in [0.05, 0.1) is 0 Å². The molecule has 2 aromatic heterocycles. The van der Waals surface area contributed by atoms with Gasteiger partial charge in [-0.05, 0) is 17.7 Å². The molecule has 0 aliphatic rings. The van der Waals surface area contributed by atoms with Gasteiger partial charge in [-0.25, -0.2) is 8.42 Å². The number of amides is 1. The SMILES string of the molecule is CC(=O)Nc1nnc(S(=O)(=O)N(C)Cc2ccncc2)s1. The molecule has 0 unspecified atom stereocenters. The maximum atomic E-state index is 12.3. The van der Waals surface area contributed by atoms with Crippen molar-refractivity contribution in [2.75, 3.05) is 12.4 Å². The molecule has 21 heavy (non-hydrogen) atoms. The molecule has 1 N–H and O–H groups in total. The van der Waals surface area contributed by atoms with Crippen LogP contribution in [0.1, 0.15) is 12.5 Å². The molecule has 10 heteroatoms. The molecule has 0 radical (unpaired) electrons. The van der Waals surface area contributed by atoms with Crippen LogP contribution in [0, 0.1) is 0 Å². The van der Waals surface area contributed by atoms with Gasteiger partial charge < -0.3 is 5.32 Å². The minimum absolute atomic E-state index is 0.151. The number of nitrogens with zero attached hydrogens (tertiary/aromatic N) is 4. The van der Waals surface area contributed by atoms with Crippen molar-refractivity contribution in [1.82, 2.24) is 19.5 Å². The minimum Gasteiger partial charge on any atom is -0.301 e. The highest BCUT2D eigenvalue weighted by atomic mass is 32.2. The zero-order chi connectivity index (χ0) is 15.5. The van der Waals surface area contributed by atoms with Crippen LogP contribution in [0.4, 0.5) is 5.13 Å². The van der Waals surface area contributed by atoms with Crippen LogP contribution in [0.5, 0.6) is 0 Å². The zero-order valence-corrected chi connectivity index (χ0v) is 13.0. The number of aromatic nitrogens is 3. The van der Waals surface area contributed by atoms with Crippen LogP contribution in [0.3, 0.4) is 0 Å². The molecular formula is C11H13N5O3S2.